The van der Waals surface area contributed by atoms with Crippen molar-refractivity contribution in [3.63, 3.8) is 0 Å². The molecule has 0 spiro atoms. The van der Waals surface area contributed by atoms with Crippen molar-refractivity contribution in [3.05, 3.63) is 36.9 Å². The zero-order valence-electron chi connectivity index (χ0n) is 12.5. The summed E-state index contributed by atoms with van der Waals surface area (Å²) >= 11 is 0. The Morgan fingerprint density at radius 3 is 2.55 bits per heavy atom. The van der Waals surface area contributed by atoms with Gasteiger partial charge in [-0.2, -0.15) is 0 Å². The van der Waals surface area contributed by atoms with E-state index in [-0.39, 0.29) is 32.2 Å². The van der Waals surface area contributed by atoms with Crippen LogP contribution in [0.15, 0.2) is 36.9 Å². The SMILES string of the molecule is C=CCOC(=O)NCCNC(=O)COc1ccccc1OC. The van der Waals surface area contributed by atoms with Crippen LogP contribution in [0.3, 0.4) is 0 Å². The maximum Gasteiger partial charge on any atom is 0.407 e. The van der Waals surface area contributed by atoms with Gasteiger partial charge < -0.3 is 24.8 Å². The molecule has 0 unspecified atom stereocenters. The van der Waals surface area contributed by atoms with Gasteiger partial charge in [-0.3, -0.25) is 4.79 Å². The summed E-state index contributed by atoms with van der Waals surface area (Å²) in [7, 11) is 1.53. The van der Waals surface area contributed by atoms with E-state index in [1.54, 1.807) is 18.2 Å². The summed E-state index contributed by atoms with van der Waals surface area (Å²) in [4.78, 5) is 22.7. The Morgan fingerprint density at radius 2 is 1.86 bits per heavy atom. The quantitative estimate of drug-likeness (QED) is 0.527. The third kappa shape index (κ3) is 6.65. The first-order valence-electron chi connectivity index (χ1n) is 6.71. The maximum absolute atomic E-state index is 11.6. The molecule has 7 nitrogen and oxygen atoms in total. The molecular formula is C15H20N2O5. The Morgan fingerprint density at radius 1 is 1.18 bits per heavy atom. The Labute approximate surface area is 129 Å². The second-order valence-corrected chi connectivity index (χ2v) is 4.10. The van der Waals surface area contributed by atoms with Gasteiger partial charge >= 0.3 is 6.09 Å². The Hall–Kier alpha value is -2.70. The second-order valence-electron chi connectivity index (χ2n) is 4.10. The third-order valence-electron chi connectivity index (χ3n) is 2.48. The minimum Gasteiger partial charge on any atom is -0.493 e. The van der Waals surface area contributed by atoms with Crippen LogP contribution < -0.4 is 20.1 Å². The van der Waals surface area contributed by atoms with Crippen molar-refractivity contribution in [3.8, 4) is 11.5 Å². The lowest BCUT2D eigenvalue weighted by atomic mass is 10.3. The van der Waals surface area contributed by atoms with Crippen LogP contribution in [0.2, 0.25) is 0 Å². The number of nitrogens with one attached hydrogen (secondary N) is 2. The van der Waals surface area contributed by atoms with E-state index >= 15 is 0 Å². The van der Waals surface area contributed by atoms with Crippen molar-refractivity contribution in [2.75, 3.05) is 33.4 Å². The van der Waals surface area contributed by atoms with Gasteiger partial charge in [0.05, 0.1) is 7.11 Å². The minimum absolute atomic E-state index is 0.138. The fourth-order valence-electron chi connectivity index (χ4n) is 1.48. The van der Waals surface area contributed by atoms with Gasteiger partial charge in [0, 0.05) is 13.1 Å². The standard InChI is InChI=1S/C15H20N2O5/c1-3-10-21-15(19)17-9-8-16-14(18)11-22-13-7-5-4-6-12(13)20-2/h3-7H,1,8-11H2,2H3,(H,16,18)(H,17,19). The van der Waals surface area contributed by atoms with Gasteiger partial charge in [0.1, 0.15) is 6.61 Å². The molecule has 0 aliphatic rings. The molecule has 0 radical (unpaired) electrons. The summed E-state index contributed by atoms with van der Waals surface area (Å²) < 4.78 is 15.2. The van der Waals surface area contributed by atoms with Crippen molar-refractivity contribution < 1.29 is 23.8 Å². The van der Waals surface area contributed by atoms with Crippen molar-refractivity contribution in [2.24, 2.45) is 0 Å². The molecule has 0 bridgehead atoms. The van der Waals surface area contributed by atoms with Gasteiger partial charge in [-0.05, 0) is 12.1 Å². The van der Waals surface area contributed by atoms with Gasteiger partial charge in [0.2, 0.25) is 0 Å². The van der Waals surface area contributed by atoms with E-state index in [0.717, 1.165) is 0 Å². The lowest BCUT2D eigenvalue weighted by molar-refractivity contribution is -0.123. The number of amides is 2. The average molecular weight is 308 g/mol. The number of alkyl carbamates (subject to hydrolysis) is 1. The van der Waals surface area contributed by atoms with Crippen LogP contribution in [-0.2, 0) is 9.53 Å². The van der Waals surface area contributed by atoms with Gasteiger partial charge in [-0.15, -0.1) is 0 Å². The van der Waals surface area contributed by atoms with E-state index in [1.807, 2.05) is 6.07 Å². The highest BCUT2D eigenvalue weighted by Crippen LogP contribution is 2.25. The molecule has 7 heteroatoms. The number of para-hydroxylation sites is 2. The van der Waals surface area contributed by atoms with Crippen LogP contribution in [0.25, 0.3) is 0 Å². The van der Waals surface area contributed by atoms with Crippen molar-refractivity contribution in [1.29, 1.82) is 0 Å². The van der Waals surface area contributed by atoms with Gasteiger partial charge in [-0.1, -0.05) is 24.8 Å². The highest BCUT2D eigenvalue weighted by molar-refractivity contribution is 5.77. The fourth-order valence-corrected chi connectivity index (χ4v) is 1.48. The van der Waals surface area contributed by atoms with Crippen molar-refractivity contribution in [2.45, 2.75) is 0 Å². The number of benzene rings is 1. The monoisotopic (exact) mass is 308 g/mol. The molecule has 2 amide bonds. The molecule has 120 valence electrons. The highest BCUT2D eigenvalue weighted by Gasteiger charge is 2.06. The molecule has 1 rings (SSSR count). The Balaban J connectivity index is 2.18. The summed E-state index contributed by atoms with van der Waals surface area (Å²) in [6.07, 6.45) is 0.913. The average Bonchev–Trinajstić information content (AvgIpc) is 2.55. The number of carbonyl (C=O) groups excluding carboxylic acids is 2. The van der Waals surface area contributed by atoms with Crippen molar-refractivity contribution in [1.82, 2.24) is 10.6 Å². The molecular weight excluding hydrogens is 288 g/mol. The summed E-state index contributed by atoms with van der Waals surface area (Å²) in [5.74, 6) is 0.750. The number of ether oxygens (including phenoxy) is 3. The molecule has 0 atom stereocenters. The van der Waals surface area contributed by atoms with E-state index in [9.17, 15) is 9.59 Å². The predicted octanol–water partition coefficient (Wildman–Crippen LogP) is 1.10. The highest BCUT2D eigenvalue weighted by atomic mass is 16.5. The summed E-state index contributed by atoms with van der Waals surface area (Å²) in [6.45, 7) is 3.97. The first kappa shape index (κ1) is 17.4. The smallest absolute Gasteiger partial charge is 0.407 e. The molecule has 1 aromatic rings. The lowest BCUT2D eigenvalue weighted by Crippen LogP contribution is -2.37. The first-order chi connectivity index (χ1) is 10.7. The molecule has 22 heavy (non-hydrogen) atoms. The summed E-state index contributed by atoms with van der Waals surface area (Å²) in [5, 5.41) is 5.09. The van der Waals surface area contributed by atoms with E-state index in [1.165, 1.54) is 13.2 Å². The minimum atomic E-state index is -0.556. The number of rotatable bonds is 9. The number of carbonyl (C=O) groups is 2. The second kappa shape index (κ2) is 10.1. The fraction of sp³-hybridized carbons (Fsp3) is 0.333. The zero-order valence-corrected chi connectivity index (χ0v) is 12.5. The summed E-state index contributed by atoms with van der Waals surface area (Å²) in [6, 6.07) is 7.05. The molecule has 0 aromatic heterocycles. The molecule has 0 fully saturated rings. The van der Waals surface area contributed by atoms with Crippen LogP contribution in [0.5, 0.6) is 11.5 Å². The molecule has 0 aliphatic carbocycles. The molecule has 0 aliphatic heterocycles. The van der Waals surface area contributed by atoms with Gasteiger partial charge in [0.25, 0.3) is 5.91 Å². The Bertz CT molecular complexity index is 504. The van der Waals surface area contributed by atoms with Crippen molar-refractivity contribution >= 4 is 12.0 Å². The summed E-state index contributed by atoms with van der Waals surface area (Å²) in [5.41, 5.74) is 0. The van der Waals surface area contributed by atoms with E-state index < -0.39 is 6.09 Å². The Kier molecular flexibility index (Phi) is 7.96. The van der Waals surface area contributed by atoms with Gasteiger partial charge in [0.15, 0.2) is 18.1 Å². The predicted molar refractivity (Wildman–Crippen MR) is 81.0 cm³/mol. The third-order valence-corrected chi connectivity index (χ3v) is 2.48. The topological polar surface area (TPSA) is 85.9 Å². The van der Waals surface area contributed by atoms with Crippen LogP contribution >= 0.6 is 0 Å². The van der Waals surface area contributed by atoms with E-state index in [0.29, 0.717) is 11.5 Å². The lowest BCUT2D eigenvalue weighted by Gasteiger charge is -2.10. The van der Waals surface area contributed by atoms with Crippen LogP contribution in [0, 0.1) is 0 Å². The molecule has 1 aromatic carbocycles. The molecule has 0 saturated heterocycles. The van der Waals surface area contributed by atoms with E-state index in [4.69, 9.17) is 14.2 Å². The number of methoxy groups -OCH3 is 1. The van der Waals surface area contributed by atoms with Gasteiger partial charge in [-0.25, -0.2) is 4.79 Å². The number of hydrogen-bond acceptors (Lipinski definition) is 5. The molecule has 0 heterocycles. The largest absolute Gasteiger partial charge is 0.493 e. The van der Waals surface area contributed by atoms with E-state index in [2.05, 4.69) is 17.2 Å². The van der Waals surface area contributed by atoms with Crippen LogP contribution in [0.4, 0.5) is 4.79 Å². The number of hydrogen-bond donors (Lipinski definition) is 2. The zero-order chi connectivity index (χ0) is 16.2. The van der Waals surface area contributed by atoms with Crippen LogP contribution in [0.1, 0.15) is 0 Å². The normalized spacial score (nSPS) is 9.50. The molecule has 0 saturated carbocycles. The molecule has 2 N–H and O–H groups in total. The van der Waals surface area contributed by atoms with Crippen LogP contribution in [-0.4, -0.2) is 45.4 Å². The maximum atomic E-state index is 11.6. The first-order valence-corrected chi connectivity index (χ1v) is 6.71.